The molecule has 11 nitrogen and oxygen atoms in total. The van der Waals surface area contributed by atoms with Crippen molar-refractivity contribution < 1.29 is 37.2 Å². The van der Waals surface area contributed by atoms with Gasteiger partial charge in [-0.05, 0) is 30.7 Å². The lowest BCUT2D eigenvalue weighted by atomic mass is 9.98. The molecule has 0 bridgehead atoms. The summed E-state index contributed by atoms with van der Waals surface area (Å²) < 4.78 is 37.5. The van der Waals surface area contributed by atoms with Crippen LogP contribution < -0.4 is 16.0 Å². The molecule has 4 atom stereocenters. The van der Waals surface area contributed by atoms with Crippen molar-refractivity contribution in [3.05, 3.63) is 35.9 Å². The Balaban J connectivity index is 1.64. The number of hydrogen-bond acceptors (Lipinski definition) is 7. The van der Waals surface area contributed by atoms with Gasteiger partial charge in [-0.3, -0.25) is 14.1 Å². The fraction of sp³-hybridized carbons (Fsp3) is 0.571. The predicted octanol–water partition coefficient (Wildman–Crippen LogP) is 0.299. The molecule has 1 aromatic carbocycles. The summed E-state index contributed by atoms with van der Waals surface area (Å²) >= 11 is 0. The molecule has 1 heterocycles. The van der Waals surface area contributed by atoms with E-state index in [1.54, 1.807) is 24.3 Å². The van der Waals surface area contributed by atoms with Gasteiger partial charge in [0.25, 0.3) is 10.1 Å². The van der Waals surface area contributed by atoms with Crippen LogP contribution >= 0.6 is 0 Å². The summed E-state index contributed by atoms with van der Waals surface area (Å²) in [7, 11) is -4.91. The highest BCUT2D eigenvalue weighted by molar-refractivity contribution is 7.86. The van der Waals surface area contributed by atoms with Gasteiger partial charge in [-0.25, -0.2) is 4.79 Å². The minimum Gasteiger partial charge on any atom is -0.445 e. The fourth-order valence-electron chi connectivity index (χ4n) is 3.74. The molecule has 0 spiro atoms. The van der Waals surface area contributed by atoms with Gasteiger partial charge >= 0.3 is 6.09 Å². The molecule has 1 saturated heterocycles. The van der Waals surface area contributed by atoms with Gasteiger partial charge in [0.2, 0.25) is 17.3 Å². The Morgan fingerprint density at radius 1 is 1.12 bits per heavy atom. The number of alkyl carbamates (subject to hydrolysis) is 1. The normalized spacial score (nSPS) is 20.9. The van der Waals surface area contributed by atoms with E-state index < -0.39 is 45.6 Å². The minimum atomic E-state index is -4.91. The molecule has 1 aliphatic carbocycles. The summed E-state index contributed by atoms with van der Waals surface area (Å²) in [6, 6.07) is 6.51. The Morgan fingerprint density at radius 3 is 2.39 bits per heavy atom. The van der Waals surface area contributed by atoms with E-state index in [1.165, 1.54) is 0 Å². The molecule has 12 heteroatoms. The SMILES string of the molecule is O=C(N[C@@H](CC1CC1)C(=O)N[C@@H](CC1CCNC1=O)C(O)S(=O)(=O)O)OCc1ccccc1. The third-order valence-corrected chi connectivity index (χ3v) is 6.70. The van der Waals surface area contributed by atoms with Crippen LogP contribution in [0.5, 0.6) is 0 Å². The average Bonchev–Trinajstić information content (AvgIpc) is 3.50. The Labute approximate surface area is 192 Å². The molecule has 2 fully saturated rings. The molecule has 2 aliphatic rings. The van der Waals surface area contributed by atoms with Crippen LogP contribution in [0.3, 0.4) is 0 Å². The molecule has 2 unspecified atom stereocenters. The number of carbonyl (C=O) groups is 3. The van der Waals surface area contributed by atoms with Gasteiger partial charge in [-0.15, -0.1) is 0 Å². The van der Waals surface area contributed by atoms with E-state index in [0.29, 0.717) is 19.4 Å². The van der Waals surface area contributed by atoms with Crippen molar-refractivity contribution in [2.75, 3.05) is 6.54 Å². The van der Waals surface area contributed by atoms with Crippen LogP contribution in [0, 0.1) is 11.8 Å². The molecule has 0 aromatic heterocycles. The van der Waals surface area contributed by atoms with Crippen LogP contribution in [0.1, 0.15) is 37.7 Å². The number of aliphatic hydroxyl groups is 1. The van der Waals surface area contributed by atoms with E-state index in [9.17, 15) is 32.5 Å². The second-order valence-corrected chi connectivity index (χ2v) is 9.98. The first kappa shape index (κ1) is 24.9. The Bertz CT molecular complexity index is 952. The van der Waals surface area contributed by atoms with Gasteiger partial charge in [0.15, 0.2) is 0 Å². The molecule has 1 aromatic rings. The molecule has 182 valence electrons. The number of benzene rings is 1. The molecule has 3 amide bonds. The third kappa shape index (κ3) is 7.69. The Hall–Kier alpha value is -2.70. The lowest BCUT2D eigenvalue weighted by Gasteiger charge is -2.26. The summed E-state index contributed by atoms with van der Waals surface area (Å²) in [5, 5.41) is 17.6. The van der Waals surface area contributed by atoms with E-state index in [2.05, 4.69) is 16.0 Å². The minimum absolute atomic E-state index is 0.00529. The van der Waals surface area contributed by atoms with Crippen LogP contribution in [-0.2, 0) is 31.1 Å². The van der Waals surface area contributed by atoms with Crippen molar-refractivity contribution in [2.45, 2.75) is 56.2 Å². The highest BCUT2D eigenvalue weighted by Gasteiger charge is 2.38. The third-order valence-electron chi connectivity index (χ3n) is 5.77. The second-order valence-electron chi connectivity index (χ2n) is 8.47. The van der Waals surface area contributed by atoms with Gasteiger partial charge in [0.1, 0.15) is 12.6 Å². The smallest absolute Gasteiger partial charge is 0.408 e. The Morgan fingerprint density at radius 2 is 1.82 bits per heavy atom. The summed E-state index contributed by atoms with van der Waals surface area (Å²) in [6.45, 7) is 0.399. The zero-order chi connectivity index (χ0) is 24.0. The van der Waals surface area contributed by atoms with Crippen LogP contribution in [0.25, 0.3) is 0 Å². The summed E-state index contributed by atoms with van der Waals surface area (Å²) in [4.78, 5) is 37.1. The number of hydrogen-bond donors (Lipinski definition) is 5. The Kier molecular flexibility index (Phi) is 8.27. The maximum Gasteiger partial charge on any atom is 0.408 e. The van der Waals surface area contributed by atoms with E-state index >= 15 is 0 Å². The van der Waals surface area contributed by atoms with Gasteiger partial charge in [0, 0.05) is 12.5 Å². The largest absolute Gasteiger partial charge is 0.445 e. The van der Waals surface area contributed by atoms with Crippen LogP contribution in [-0.4, -0.2) is 60.0 Å². The van der Waals surface area contributed by atoms with Crippen LogP contribution in [0.15, 0.2) is 30.3 Å². The first-order valence-corrected chi connectivity index (χ1v) is 12.3. The highest BCUT2D eigenvalue weighted by atomic mass is 32.2. The topological polar surface area (TPSA) is 171 Å². The molecule has 3 rings (SSSR count). The summed E-state index contributed by atoms with van der Waals surface area (Å²) in [5.41, 5.74) is -1.55. The van der Waals surface area contributed by atoms with Crippen molar-refractivity contribution in [3.8, 4) is 0 Å². The lowest BCUT2D eigenvalue weighted by molar-refractivity contribution is -0.126. The van der Waals surface area contributed by atoms with Gasteiger partial charge < -0.3 is 25.8 Å². The van der Waals surface area contributed by atoms with Gasteiger partial charge in [-0.2, -0.15) is 8.42 Å². The summed E-state index contributed by atoms with van der Waals surface area (Å²) in [5.74, 6) is -1.46. The maximum absolute atomic E-state index is 12.9. The monoisotopic (exact) mass is 483 g/mol. The van der Waals surface area contributed by atoms with Crippen molar-refractivity contribution in [1.29, 1.82) is 0 Å². The van der Waals surface area contributed by atoms with E-state index in [-0.39, 0.29) is 24.9 Å². The highest BCUT2D eigenvalue weighted by Crippen LogP contribution is 2.33. The quantitative estimate of drug-likeness (QED) is 0.280. The standard InChI is InChI=1S/C21H29N3O8S/c25-18-15(8-9-22-18)11-17(20(27)33(29,30)31)23-19(26)16(10-13-6-7-13)24-21(28)32-12-14-4-2-1-3-5-14/h1-5,13,15-17,20,27H,6-12H2,(H,22,25)(H,23,26)(H,24,28)(H,29,30,31)/t15?,16-,17-,20?/m0/s1. The van der Waals surface area contributed by atoms with Crippen molar-refractivity contribution in [1.82, 2.24) is 16.0 Å². The second kappa shape index (κ2) is 10.9. The predicted molar refractivity (Wildman–Crippen MR) is 116 cm³/mol. The van der Waals surface area contributed by atoms with E-state index in [1.807, 2.05) is 6.07 Å². The number of aliphatic hydroxyl groups excluding tert-OH is 1. The molecule has 1 saturated carbocycles. The van der Waals surface area contributed by atoms with Crippen LogP contribution in [0.4, 0.5) is 4.79 Å². The lowest BCUT2D eigenvalue weighted by Crippen LogP contribution is -2.54. The molecule has 0 radical (unpaired) electrons. The summed E-state index contributed by atoms with van der Waals surface area (Å²) in [6.07, 6.45) is 1.49. The number of nitrogens with one attached hydrogen (secondary N) is 3. The zero-order valence-electron chi connectivity index (χ0n) is 18.0. The fourth-order valence-corrected chi connectivity index (χ4v) is 4.33. The molecule has 1 aliphatic heterocycles. The number of carbonyl (C=O) groups excluding carboxylic acids is 3. The number of amides is 3. The van der Waals surface area contributed by atoms with E-state index in [4.69, 9.17) is 4.74 Å². The average molecular weight is 484 g/mol. The van der Waals surface area contributed by atoms with Gasteiger partial charge in [0.05, 0.1) is 6.04 Å². The first-order chi connectivity index (χ1) is 15.6. The molecular formula is C21H29N3O8S. The molecule has 5 N–H and O–H groups in total. The number of ether oxygens (including phenoxy) is 1. The molecular weight excluding hydrogens is 454 g/mol. The van der Waals surface area contributed by atoms with Crippen molar-refractivity contribution >= 4 is 28.0 Å². The van der Waals surface area contributed by atoms with Crippen LogP contribution in [0.2, 0.25) is 0 Å². The first-order valence-electron chi connectivity index (χ1n) is 10.8. The van der Waals surface area contributed by atoms with Crippen molar-refractivity contribution in [3.63, 3.8) is 0 Å². The van der Waals surface area contributed by atoms with Gasteiger partial charge in [-0.1, -0.05) is 43.2 Å². The van der Waals surface area contributed by atoms with Crippen molar-refractivity contribution in [2.24, 2.45) is 11.8 Å². The number of rotatable bonds is 11. The molecule has 33 heavy (non-hydrogen) atoms. The maximum atomic E-state index is 12.9. The van der Waals surface area contributed by atoms with E-state index in [0.717, 1.165) is 18.4 Å². The zero-order valence-corrected chi connectivity index (χ0v) is 18.8.